The summed E-state index contributed by atoms with van der Waals surface area (Å²) in [6.45, 7) is 14.7. The summed E-state index contributed by atoms with van der Waals surface area (Å²) in [6, 6.07) is 19.2. The van der Waals surface area contributed by atoms with Gasteiger partial charge >= 0.3 is 310 Å². The second kappa shape index (κ2) is 34.1. The van der Waals surface area contributed by atoms with Crippen LogP contribution in [0.3, 0.4) is 0 Å². The fourth-order valence-electron chi connectivity index (χ4n) is 8.55. The van der Waals surface area contributed by atoms with Crippen molar-refractivity contribution in [2.24, 2.45) is 0 Å². The van der Waals surface area contributed by atoms with Crippen LogP contribution in [0.2, 0.25) is 0 Å². The Balaban J connectivity index is 1.67. The third-order valence-corrected chi connectivity index (χ3v) is 12.6. The second-order valence-electron chi connectivity index (χ2n) is 18.7. The summed E-state index contributed by atoms with van der Waals surface area (Å²) in [4.78, 5) is 54.4. The van der Waals surface area contributed by atoms with Gasteiger partial charge in [0, 0.05) is 13.1 Å². The zero-order valence-electron chi connectivity index (χ0n) is 45.5. The summed E-state index contributed by atoms with van der Waals surface area (Å²) in [5.74, 6) is -5.09. The molecule has 1 amide bonds. The van der Waals surface area contributed by atoms with Crippen molar-refractivity contribution in [3.8, 4) is 0 Å². The van der Waals surface area contributed by atoms with Gasteiger partial charge in [0.25, 0.3) is 0 Å². The molecule has 75 heavy (non-hydrogen) atoms. The van der Waals surface area contributed by atoms with Gasteiger partial charge in [-0.05, 0) is 30.4 Å². The number of amides is 1. The van der Waals surface area contributed by atoms with E-state index in [-0.39, 0.29) is 39.5 Å². The predicted octanol–water partition coefficient (Wildman–Crippen LogP) is 6.86. The maximum absolute atomic E-state index is 14.1. The van der Waals surface area contributed by atoms with E-state index in [4.69, 9.17) is 66.2 Å². The van der Waals surface area contributed by atoms with Crippen LogP contribution in [0.25, 0.3) is 0 Å². The molecule has 2 fully saturated rings. The van der Waals surface area contributed by atoms with Gasteiger partial charge in [-0.15, -0.1) is 0 Å². The Kier molecular flexibility index (Phi) is 28.9. The maximum atomic E-state index is 14.1. The Morgan fingerprint density at radius 2 is 1.52 bits per heavy atom. The number of hydrogen-bond acceptors (Lipinski definition) is 18. The molecule has 4 rings (SSSR count). The van der Waals surface area contributed by atoms with Gasteiger partial charge in [-0.25, -0.2) is 4.79 Å². The number of carbonyl (C=O) groups excluding carboxylic acids is 4. The third-order valence-electron chi connectivity index (χ3n) is 12.4. The molecule has 0 spiro atoms. The zero-order chi connectivity index (χ0) is 54.6. The first-order chi connectivity index (χ1) is 36.1. The number of esters is 3. The van der Waals surface area contributed by atoms with Crippen LogP contribution >= 0.6 is 9.12 Å². The average molecular weight is 1070 g/mol. The molecule has 0 bridgehead atoms. The average Bonchev–Trinajstić information content (AvgIpc) is 3.77. The first-order valence-electron chi connectivity index (χ1n) is 26.2. The number of methoxy groups -OCH3 is 2. The van der Waals surface area contributed by atoms with Crippen molar-refractivity contribution in [3.63, 3.8) is 0 Å². The normalized spacial score (nSPS) is 22.2. The van der Waals surface area contributed by atoms with Crippen molar-refractivity contribution in [1.82, 2.24) is 4.90 Å². The van der Waals surface area contributed by atoms with Crippen LogP contribution in [-0.4, -0.2) is 170 Å². The molecule has 11 atom stereocenters. The van der Waals surface area contributed by atoms with Crippen LogP contribution in [0.1, 0.15) is 111 Å². The Bertz CT molecular complexity index is 1990. The second-order valence-corrected chi connectivity index (χ2v) is 19.1. The minimum absolute atomic E-state index is 0.00628. The number of carbonyl (C=O) groups is 4. The SMILES string of the molecule is CCCCOC[C@@H](O[C@H]1OC([C@H](COC(C)=O)OCCCC)[C@@H](OB=BP)C(OC)[C@H]1OC(C)=O)C(O[C@@](CC)(OCCCCCN(Cc1ccccc1)C(=O)OCc1ccccc1)C(=O)OC)[C@H]1COC(C)(C)O1. The van der Waals surface area contributed by atoms with Crippen molar-refractivity contribution in [1.29, 1.82) is 0 Å². The molecule has 0 radical (unpaired) electrons. The van der Waals surface area contributed by atoms with Crippen LogP contribution in [0.4, 0.5) is 4.79 Å². The van der Waals surface area contributed by atoms with Gasteiger partial charge in [-0.1, -0.05) is 67.6 Å². The molecule has 0 aliphatic carbocycles. The van der Waals surface area contributed by atoms with E-state index in [2.05, 4.69) is 9.12 Å². The van der Waals surface area contributed by atoms with Crippen molar-refractivity contribution in [3.05, 3.63) is 71.8 Å². The van der Waals surface area contributed by atoms with Crippen LogP contribution in [0, 0.1) is 0 Å². The standard InChI is InChI=1S/C53H82B2NO18P/c1-10-13-29-63-34-42(70-49-48(69-38(5)58)46(61-8)47(74-54-55-75)45(71-49)41(35-65-37(4)57)64-30-14-11-2)44(43-36-68-52(6,7)72-43)73-53(12-3,50(59)62-9)67-31-23-17-22-28-56(32-39-24-18-15-19-25-39)51(60)66-33-40-26-20-16-21-27-40/h15-16,18-21,24-27,41-49H,10-14,17,22-23,28-36,75H2,1-9H3/t41-,42+,43+,44?,45?,46?,47+,48+,49-,53+/m0/s1. The van der Waals surface area contributed by atoms with Gasteiger partial charge in [0.15, 0.2) is 0 Å². The van der Waals surface area contributed by atoms with Crippen molar-refractivity contribution in [2.45, 2.75) is 180 Å². The van der Waals surface area contributed by atoms with Gasteiger partial charge in [0.1, 0.15) is 6.61 Å². The molecule has 2 aromatic rings. The van der Waals surface area contributed by atoms with E-state index >= 15 is 0 Å². The fourth-order valence-corrected chi connectivity index (χ4v) is 8.64. The van der Waals surface area contributed by atoms with E-state index in [9.17, 15) is 19.2 Å². The van der Waals surface area contributed by atoms with E-state index < -0.39 is 90.7 Å². The summed E-state index contributed by atoms with van der Waals surface area (Å²) in [7, 11) is 6.54. The molecule has 418 valence electrons. The number of nitrogens with zero attached hydrogens (tertiary/aromatic N) is 1. The van der Waals surface area contributed by atoms with Crippen LogP contribution in [0.5, 0.6) is 0 Å². The van der Waals surface area contributed by atoms with Crippen LogP contribution in [-0.2, 0) is 93.8 Å². The Labute approximate surface area is 447 Å². The molecule has 2 aliphatic heterocycles. The minimum atomic E-state index is -2.01. The van der Waals surface area contributed by atoms with Gasteiger partial charge in [0.05, 0.1) is 7.11 Å². The molecular formula is C53H82B2NO18P. The summed E-state index contributed by atoms with van der Waals surface area (Å²) >= 11 is 0. The Morgan fingerprint density at radius 1 is 0.827 bits per heavy atom. The van der Waals surface area contributed by atoms with Crippen molar-refractivity contribution < 1.29 is 85.4 Å². The molecule has 2 heterocycles. The number of rotatable bonds is 35. The van der Waals surface area contributed by atoms with E-state index in [0.29, 0.717) is 52.0 Å². The van der Waals surface area contributed by atoms with Crippen LogP contribution in [0.15, 0.2) is 60.7 Å². The first-order valence-corrected chi connectivity index (χ1v) is 26.9. The quantitative estimate of drug-likeness (QED) is 0.0173. The van der Waals surface area contributed by atoms with E-state index in [1.165, 1.54) is 35.1 Å². The Hall–Kier alpha value is -3.88. The van der Waals surface area contributed by atoms with E-state index in [0.717, 1.165) is 30.4 Å². The molecule has 4 unspecified atom stereocenters. The third kappa shape index (κ3) is 21.1. The van der Waals surface area contributed by atoms with E-state index in [1.54, 1.807) is 32.2 Å². The first kappa shape index (κ1) is 63.7. The molecule has 19 nitrogen and oxygen atoms in total. The molecular weight excluding hydrogens is 991 g/mol. The number of benzene rings is 2. The van der Waals surface area contributed by atoms with Crippen LogP contribution < -0.4 is 0 Å². The van der Waals surface area contributed by atoms with Gasteiger partial charge in [-0.3, -0.25) is 0 Å². The zero-order valence-corrected chi connectivity index (χ0v) is 46.7. The summed E-state index contributed by atoms with van der Waals surface area (Å²) in [5, 5.41) is 0. The summed E-state index contributed by atoms with van der Waals surface area (Å²) in [5.41, 5.74) is 1.85. The molecule has 0 saturated carbocycles. The molecule has 2 aliphatic rings. The number of unbranched alkanes of at least 4 members (excludes halogenated alkanes) is 4. The van der Waals surface area contributed by atoms with Gasteiger partial charge in [0.2, 0.25) is 0 Å². The summed E-state index contributed by atoms with van der Waals surface area (Å²) in [6.07, 6.45) is -5.61. The van der Waals surface area contributed by atoms with Gasteiger partial charge < -0.3 is 9.64 Å². The molecule has 22 heteroatoms. The molecule has 0 aromatic heterocycles. The number of hydrogen-bond donors (Lipinski definition) is 0. The van der Waals surface area contributed by atoms with Gasteiger partial charge in [-0.2, -0.15) is 0 Å². The van der Waals surface area contributed by atoms with Crippen molar-refractivity contribution in [2.75, 3.05) is 60.4 Å². The predicted molar refractivity (Wildman–Crippen MR) is 281 cm³/mol. The van der Waals surface area contributed by atoms with Crippen molar-refractivity contribution >= 4 is 46.6 Å². The monoisotopic (exact) mass is 1070 g/mol. The van der Waals surface area contributed by atoms with E-state index in [1.807, 2.05) is 74.5 Å². The number of ether oxygens (including phenoxy) is 13. The Morgan fingerprint density at radius 3 is 2.12 bits per heavy atom. The molecule has 0 N–H and O–H groups in total. The fraction of sp³-hybridized carbons (Fsp3) is 0.698. The molecule has 2 aromatic carbocycles. The summed E-state index contributed by atoms with van der Waals surface area (Å²) < 4.78 is 87.3. The molecule has 2 saturated heterocycles. The topological polar surface area (TPSA) is 201 Å².